The van der Waals surface area contributed by atoms with Gasteiger partial charge in [-0.25, -0.2) is 0 Å². The molecule has 0 aromatic heterocycles. The second-order valence-corrected chi connectivity index (χ2v) is 2.72. The van der Waals surface area contributed by atoms with Crippen molar-refractivity contribution in [3.8, 4) is 0 Å². The predicted molar refractivity (Wildman–Crippen MR) is 35.8 cm³/mol. The molecule has 52 valence electrons. The van der Waals surface area contributed by atoms with Gasteiger partial charge in [-0.2, -0.15) is 0 Å². The van der Waals surface area contributed by atoms with Crippen molar-refractivity contribution in [1.82, 2.24) is 5.01 Å². The van der Waals surface area contributed by atoms with Crippen LogP contribution in [0.3, 0.4) is 0 Å². The van der Waals surface area contributed by atoms with Crippen molar-refractivity contribution in [1.29, 1.82) is 0 Å². The van der Waals surface area contributed by atoms with E-state index in [0.717, 1.165) is 12.5 Å². The lowest BCUT2D eigenvalue weighted by Gasteiger charge is -2.26. The number of rotatable bonds is 3. The van der Waals surface area contributed by atoms with Crippen molar-refractivity contribution in [2.75, 3.05) is 13.6 Å². The quantitative estimate of drug-likeness (QED) is 0.425. The molecule has 9 heavy (non-hydrogen) atoms. The number of hydrogen-bond donors (Lipinski definition) is 0. The number of hydrogen-bond acceptors (Lipinski definition) is 2. The maximum atomic E-state index is 9.86. The SMILES string of the molecule is CN(CC1CCC1)N=O. The molecular formula is C6H12N2O. The zero-order valence-corrected chi connectivity index (χ0v) is 5.71. The summed E-state index contributed by atoms with van der Waals surface area (Å²) >= 11 is 0. The second-order valence-electron chi connectivity index (χ2n) is 2.72. The first-order valence-corrected chi connectivity index (χ1v) is 3.37. The molecule has 3 heteroatoms. The van der Waals surface area contributed by atoms with Crippen LogP contribution >= 0.6 is 0 Å². The molecule has 1 saturated carbocycles. The van der Waals surface area contributed by atoms with E-state index in [1.807, 2.05) is 0 Å². The molecule has 0 unspecified atom stereocenters. The van der Waals surface area contributed by atoms with Gasteiger partial charge < -0.3 is 0 Å². The van der Waals surface area contributed by atoms with E-state index in [2.05, 4.69) is 5.29 Å². The van der Waals surface area contributed by atoms with Crippen LogP contribution in [0.5, 0.6) is 0 Å². The minimum Gasteiger partial charge on any atom is -0.264 e. The standard InChI is InChI=1S/C6H12N2O/c1-8(7-9)5-6-3-2-4-6/h6H,2-5H2,1H3. The lowest BCUT2D eigenvalue weighted by Crippen LogP contribution is -2.25. The van der Waals surface area contributed by atoms with Gasteiger partial charge in [-0.15, -0.1) is 4.91 Å². The molecule has 0 spiro atoms. The van der Waals surface area contributed by atoms with Gasteiger partial charge >= 0.3 is 0 Å². The summed E-state index contributed by atoms with van der Waals surface area (Å²) in [6, 6.07) is 0. The molecule has 0 atom stereocenters. The first-order chi connectivity index (χ1) is 4.33. The van der Waals surface area contributed by atoms with Crippen molar-refractivity contribution < 1.29 is 0 Å². The van der Waals surface area contributed by atoms with Gasteiger partial charge in [-0.05, 0) is 18.8 Å². The smallest absolute Gasteiger partial charge is 0.0521 e. The van der Waals surface area contributed by atoms with Crippen LogP contribution in [0.2, 0.25) is 0 Å². The molecule has 1 aliphatic rings. The third kappa shape index (κ3) is 1.66. The van der Waals surface area contributed by atoms with Gasteiger partial charge in [-0.3, -0.25) is 5.01 Å². The topological polar surface area (TPSA) is 32.7 Å². The maximum absolute atomic E-state index is 9.86. The molecule has 0 radical (unpaired) electrons. The van der Waals surface area contributed by atoms with Crippen molar-refractivity contribution in [2.45, 2.75) is 19.3 Å². The molecule has 0 N–H and O–H groups in total. The van der Waals surface area contributed by atoms with Crippen LogP contribution in [0.25, 0.3) is 0 Å². The van der Waals surface area contributed by atoms with Gasteiger partial charge in [0.05, 0.1) is 5.29 Å². The lowest BCUT2D eigenvalue weighted by molar-refractivity contribution is 0.209. The van der Waals surface area contributed by atoms with E-state index >= 15 is 0 Å². The molecule has 0 saturated heterocycles. The first-order valence-electron chi connectivity index (χ1n) is 3.37. The van der Waals surface area contributed by atoms with Crippen molar-refractivity contribution >= 4 is 0 Å². The second kappa shape index (κ2) is 2.80. The van der Waals surface area contributed by atoms with Crippen molar-refractivity contribution in [2.24, 2.45) is 11.2 Å². The summed E-state index contributed by atoms with van der Waals surface area (Å²) in [5, 5.41) is 4.27. The highest BCUT2D eigenvalue weighted by atomic mass is 16.3. The van der Waals surface area contributed by atoms with Crippen LogP contribution in [0.15, 0.2) is 5.29 Å². The summed E-state index contributed by atoms with van der Waals surface area (Å²) < 4.78 is 0. The predicted octanol–water partition coefficient (Wildman–Crippen LogP) is 1.40. The summed E-state index contributed by atoms with van der Waals surface area (Å²) in [4.78, 5) is 9.86. The summed E-state index contributed by atoms with van der Waals surface area (Å²) in [5.74, 6) is 0.743. The molecular weight excluding hydrogens is 116 g/mol. The molecule has 1 rings (SSSR count). The Balaban J connectivity index is 2.08. The summed E-state index contributed by atoms with van der Waals surface area (Å²) in [6.07, 6.45) is 3.89. The highest BCUT2D eigenvalue weighted by molar-refractivity contribution is 4.70. The highest BCUT2D eigenvalue weighted by Crippen LogP contribution is 2.26. The largest absolute Gasteiger partial charge is 0.264 e. The monoisotopic (exact) mass is 128 g/mol. The molecule has 3 nitrogen and oxygen atoms in total. The molecule has 0 heterocycles. The first kappa shape index (κ1) is 6.52. The van der Waals surface area contributed by atoms with Gasteiger partial charge in [0.2, 0.25) is 0 Å². The average Bonchev–Trinajstić information content (AvgIpc) is 1.78. The van der Waals surface area contributed by atoms with E-state index in [0.29, 0.717) is 0 Å². The Bertz CT molecular complexity index is 101. The van der Waals surface area contributed by atoms with E-state index in [1.54, 1.807) is 7.05 Å². The molecule has 0 aliphatic heterocycles. The van der Waals surface area contributed by atoms with Gasteiger partial charge in [0, 0.05) is 13.6 Å². The number of nitrogens with zero attached hydrogens (tertiary/aromatic N) is 2. The molecule has 1 aliphatic carbocycles. The minimum absolute atomic E-state index is 0.743. The molecule has 1 fully saturated rings. The van der Waals surface area contributed by atoms with Crippen LogP contribution in [-0.4, -0.2) is 18.6 Å². The van der Waals surface area contributed by atoms with Crippen molar-refractivity contribution in [3.63, 3.8) is 0 Å². The lowest BCUT2D eigenvalue weighted by atomic mass is 9.85. The molecule has 0 bridgehead atoms. The molecule has 0 amide bonds. The van der Waals surface area contributed by atoms with Crippen LogP contribution in [0.4, 0.5) is 0 Å². The zero-order valence-electron chi connectivity index (χ0n) is 5.71. The Morgan fingerprint density at radius 1 is 1.67 bits per heavy atom. The van der Waals surface area contributed by atoms with Gasteiger partial charge in [0.15, 0.2) is 0 Å². The summed E-state index contributed by atoms with van der Waals surface area (Å²) in [7, 11) is 1.73. The normalized spacial score (nSPS) is 18.8. The van der Waals surface area contributed by atoms with E-state index in [-0.39, 0.29) is 0 Å². The average molecular weight is 128 g/mol. The molecule has 0 aromatic carbocycles. The minimum atomic E-state index is 0.743. The van der Waals surface area contributed by atoms with Crippen LogP contribution in [0.1, 0.15) is 19.3 Å². The fourth-order valence-electron chi connectivity index (χ4n) is 1.08. The van der Waals surface area contributed by atoms with Crippen LogP contribution < -0.4 is 0 Å². The van der Waals surface area contributed by atoms with E-state index in [4.69, 9.17) is 0 Å². The summed E-state index contributed by atoms with van der Waals surface area (Å²) in [5.41, 5.74) is 0. The Morgan fingerprint density at radius 2 is 2.33 bits per heavy atom. The van der Waals surface area contributed by atoms with Crippen LogP contribution in [0, 0.1) is 10.8 Å². The summed E-state index contributed by atoms with van der Waals surface area (Å²) in [6.45, 7) is 0.851. The Labute approximate surface area is 55.0 Å². The third-order valence-electron chi connectivity index (χ3n) is 1.89. The Kier molecular flexibility index (Phi) is 2.03. The van der Waals surface area contributed by atoms with E-state index in [1.165, 1.54) is 24.3 Å². The number of nitroso groups, excluding NO2 is 1. The van der Waals surface area contributed by atoms with Gasteiger partial charge in [-0.1, -0.05) is 6.42 Å². The Morgan fingerprint density at radius 3 is 2.67 bits per heavy atom. The molecule has 0 aromatic rings. The van der Waals surface area contributed by atoms with Gasteiger partial charge in [0.25, 0.3) is 0 Å². The fraction of sp³-hybridized carbons (Fsp3) is 1.00. The van der Waals surface area contributed by atoms with E-state index < -0.39 is 0 Å². The highest BCUT2D eigenvalue weighted by Gasteiger charge is 2.18. The maximum Gasteiger partial charge on any atom is 0.0521 e. The fourth-order valence-corrected chi connectivity index (χ4v) is 1.08. The van der Waals surface area contributed by atoms with Gasteiger partial charge in [0.1, 0.15) is 0 Å². The van der Waals surface area contributed by atoms with E-state index in [9.17, 15) is 4.91 Å². The third-order valence-corrected chi connectivity index (χ3v) is 1.89. The zero-order chi connectivity index (χ0) is 6.69. The van der Waals surface area contributed by atoms with Crippen LogP contribution in [-0.2, 0) is 0 Å². The Hall–Kier alpha value is -0.600. The van der Waals surface area contributed by atoms with Crippen molar-refractivity contribution in [3.05, 3.63) is 4.91 Å².